The van der Waals surface area contributed by atoms with Crippen LogP contribution in [0.4, 0.5) is 11.5 Å². The highest BCUT2D eigenvalue weighted by Crippen LogP contribution is 2.36. The maximum absolute atomic E-state index is 12.4. The van der Waals surface area contributed by atoms with Crippen LogP contribution >= 0.6 is 11.6 Å². The number of hydrogen-bond acceptors (Lipinski definition) is 6. The molecule has 2 rings (SSSR count). The number of hydrogen-bond donors (Lipinski definition) is 2. The molecule has 7 nitrogen and oxygen atoms in total. The molecule has 0 saturated carbocycles. The summed E-state index contributed by atoms with van der Waals surface area (Å²) in [6.07, 6.45) is 3.91. The molecule has 0 aliphatic heterocycles. The van der Waals surface area contributed by atoms with Crippen LogP contribution in [-0.2, 0) is 0 Å². The third-order valence-electron chi connectivity index (χ3n) is 3.61. The van der Waals surface area contributed by atoms with E-state index in [1.807, 2.05) is 6.92 Å². The minimum atomic E-state index is -0.412. The van der Waals surface area contributed by atoms with Crippen molar-refractivity contribution < 1.29 is 14.3 Å². The molecule has 1 unspecified atom stereocenters. The molecule has 25 heavy (non-hydrogen) atoms. The second-order valence-electron chi connectivity index (χ2n) is 5.38. The number of benzene rings is 1. The predicted molar refractivity (Wildman–Crippen MR) is 97.9 cm³/mol. The maximum Gasteiger partial charge on any atom is 0.275 e. The quantitative estimate of drug-likeness (QED) is 0.780. The van der Waals surface area contributed by atoms with Gasteiger partial charge in [-0.1, -0.05) is 18.5 Å². The molecule has 0 fully saturated rings. The molecule has 8 heteroatoms. The number of carbonyl (C=O) groups is 1. The monoisotopic (exact) mass is 364 g/mol. The molecule has 0 radical (unpaired) electrons. The summed E-state index contributed by atoms with van der Waals surface area (Å²) in [5, 5.41) is 6.30. The van der Waals surface area contributed by atoms with E-state index in [-0.39, 0.29) is 11.7 Å². The number of rotatable bonds is 7. The molecule has 1 amide bonds. The number of methoxy groups -OCH3 is 2. The molecule has 0 aliphatic rings. The summed E-state index contributed by atoms with van der Waals surface area (Å²) in [7, 11) is 2.98. The van der Waals surface area contributed by atoms with Gasteiger partial charge in [0.15, 0.2) is 0 Å². The molecule has 2 aromatic rings. The van der Waals surface area contributed by atoms with Crippen molar-refractivity contribution in [2.45, 2.75) is 26.3 Å². The fourth-order valence-electron chi connectivity index (χ4n) is 2.02. The molecule has 2 N–H and O–H groups in total. The molecule has 0 saturated heterocycles. The van der Waals surface area contributed by atoms with Crippen LogP contribution in [0.2, 0.25) is 5.02 Å². The van der Waals surface area contributed by atoms with E-state index in [1.165, 1.54) is 26.6 Å². The predicted octanol–water partition coefficient (Wildman–Crippen LogP) is 3.61. The van der Waals surface area contributed by atoms with Crippen molar-refractivity contribution in [2.75, 3.05) is 24.9 Å². The Morgan fingerprint density at radius 3 is 2.48 bits per heavy atom. The molecule has 1 aromatic heterocycles. The largest absolute Gasteiger partial charge is 0.495 e. The lowest BCUT2D eigenvalue weighted by Gasteiger charge is -2.13. The Morgan fingerprint density at radius 1 is 1.20 bits per heavy atom. The van der Waals surface area contributed by atoms with Gasteiger partial charge in [-0.2, -0.15) is 0 Å². The van der Waals surface area contributed by atoms with Crippen LogP contribution in [0.5, 0.6) is 11.5 Å². The molecule has 0 bridgehead atoms. The van der Waals surface area contributed by atoms with Crippen molar-refractivity contribution in [1.82, 2.24) is 9.97 Å². The second-order valence-corrected chi connectivity index (χ2v) is 5.79. The number of aromatic nitrogens is 2. The zero-order chi connectivity index (χ0) is 18.4. The van der Waals surface area contributed by atoms with Crippen LogP contribution in [0.3, 0.4) is 0 Å². The van der Waals surface area contributed by atoms with Crippen LogP contribution < -0.4 is 20.1 Å². The van der Waals surface area contributed by atoms with Gasteiger partial charge in [0.25, 0.3) is 5.91 Å². The Hall–Kier alpha value is -2.54. The standard InChI is InChI=1S/C17H21ClN4O3/c1-5-10(2)21-16-9-19-13(8-20-16)17(23)22-12-7-14(24-3)11(18)6-15(12)25-4/h6-10H,5H2,1-4H3,(H,20,21)(H,22,23). The number of amides is 1. The van der Waals surface area contributed by atoms with Gasteiger partial charge >= 0.3 is 0 Å². The Labute approximate surface area is 151 Å². The van der Waals surface area contributed by atoms with Crippen LogP contribution in [0.1, 0.15) is 30.8 Å². The van der Waals surface area contributed by atoms with Gasteiger partial charge in [-0.25, -0.2) is 9.97 Å². The fourth-order valence-corrected chi connectivity index (χ4v) is 2.25. The van der Waals surface area contributed by atoms with Crippen molar-refractivity contribution >= 4 is 29.0 Å². The molecular formula is C17H21ClN4O3. The smallest absolute Gasteiger partial charge is 0.275 e. The van der Waals surface area contributed by atoms with E-state index in [0.29, 0.717) is 28.0 Å². The summed E-state index contributed by atoms with van der Waals surface area (Å²) in [5.41, 5.74) is 0.614. The molecule has 0 aliphatic carbocycles. The first-order valence-corrected chi connectivity index (χ1v) is 8.17. The first kappa shape index (κ1) is 18.8. The number of nitrogens with one attached hydrogen (secondary N) is 2. The number of carbonyl (C=O) groups excluding carboxylic acids is 1. The average Bonchev–Trinajstić information content (AvgIpc) is 2.63. The second kappa shape index (κ2) is 8.53. The first-order chi connectivity index (χ1) is 12.0. The zero-order valence-corrected chi connectivity index (χ0v) is 15.3. The van der Waals surface area contributed by atoms with Crippen molar-refractivity contribution in [1.29, 1.82) is 0 Å². The van der Waals surface area contributed by atoms with Crippen molar-refractivity contribution in [3.63, 3.8) is 0 Å². The van der Waals surface area contributed by atoms with Crippen molar-refractivity contribution in [3.8, 4) is 11.5 Å². The number of anilines is 2. The van der Waals surface area contributed by atoms with Gasteiger partial charge < -0.3 is 20.1 Å². The third kappa shape index (κ3) is 4.73. The Bertz CT molecular complexity index is 737. The normalized spacial score (nSPS) is 11.6. The van der Waals surface area contributed by atoms with Crippen molar-refractivity contribution in [2.24, 2.45) is 0 Å². The summed E-state index contributed by atoms with van der Waals surface area (Å²) in [4.78, 5) is 20.7. The number of ether oxygens (including phenoxy) is 2. The third-order valence-corrected chi connectivity index (χ3v) is 3.91. The topological polar surface area (TPSA) is 85.4 Å². The molecule has 134 valence electrons. The van der Waals surface area contributed by atoms with Gasteiger partial charge in [-0.05, 0) is 13.3 Å². The van der Waals surface area contributed by atoms with Crippen LogP contribution in [0.15, 0.2) is 24.5 Å². The van der Waals surface area contributed by atoms with E-state index >= 15 is 0 Å². The molecule has 1 atom stereocenters. The van der Waals surface area contributed by atoms with Gasteiger partial charge in [0, 0.05) is 18.2 Å². The van der Waals surface area contributed by atoms with E-state index in [2.05, 4.69) is 27.5 Å². The van der Waals surface area contributed by atoms with Gasteiger partial charge in [0.2, 0.25) is 0 Å². The lowest BCUT2D eigenvalue weighted by Crippen LogP contribution is -2.17. The van der Waals surface area contributed by atoms with Gasteiger partial charge in [0.05, 0.1) is 37.3 Å². The SMILES string of the molecule is CCC(C)Nc1cnc(C(=O)Nc2cc(OC)c(Cl)cc2OC)cn1. The lowest BCUT2D eigenvalue weighted by molar-refractivity contribution is 0.102. The highest BCUT2D eigenvalue weighted by Gasteiger charge is 2.15. The molecule has 1 heterocycles. The first-order valence-electron chi connectivity index (χ1n) is 7.79. The minimum absolute atomic E-state index is 0.186. The summed E-state index contributed by atoms with van der Waals surface area (Å²) in [6.45, 7) is 4.11. The zero-order valence-electron chi connectivity index (χ0n) is 14.6. The Morgan fingerprint density at radius 2 is 1.92 bits per heavy atom. The molecular weight excluding hydrogens is 344 g/mol. The summed E-state index contributed by atoms with van der Waals surface area (Å²) in [6, 6.07) is 3.44. The summed E-state index contributed by atoms with van der Waals surface area (Å²) >= 11 is 6.06. The minimum Gasteiger partial charge on any atom is -0.495 e. The lowest BCUT2D eigenvalue weighted by atomic mass is 10.2. The summed E-state index contributed by atoms with van der Waals surface area (Å²) < 4.78 is 10.4. The van der Waals surface area contributed by atoms with Gasteiger partial charge in [0.1, 0.15) is 23.0 Å². The van der Waals surface area contributed by atoms with E-state index in [0.717, 1.165) is 6.42 Å². The molecule has 1 aromatic carbocycles. The van der Waals surface area contributed by atoms with Crippen LogP contribution in [-0.4, -0.2) is 36.1 Å². The van der Waals surface area contributed by atoms with E-state index in [4.69, 9.17) is 21.1 Å². The fraction of sp³-hybridized carbons (Fsp3) is 0.353. The summed E-state index contributed by atoms with van der Waals surface area (Å²) in [5.74, 6) is 1.06. The highest BCUT2D eigenvalue weighted by atomic mass is 35.5. The van der Waals surface area contributed by atoms with E-state index in [9.17, 15) is 4.79 Å². The maximum atomic E-state index is 12.4. The average molecular weight is 365 g/mol. The van der Waals surface area contributed by atoms with Crippen LogP contribution in [0, 0.1) is 0 Å². The van der Waals surface area contributed by atoms with Crippen molar-refractivity contribution in [3.05, 3.63) is 35.2 Å². The highest BCUT2D eigenvalue weighted by molar-refractivity contribution is 6.32. The number of halogens is 1. The number of nitrogens with zero attached hydrogens (tertiary/aromatic N) is 2. The Kier molecular flexibility index (Phi) is 6.41. The van der Waals surface area contributed by atoms with E-state index < -0.39 is 5.91 Å². The van der Waals surface area contributed by atoms with Crippen LogP contribution in [0.25, 0.3) is 0 Å². The van der Waals surface area contributed by atoms with Gasteiger partial charge in [-0.15, -0.1) is 0 Å². The Balaban J connectivity index is 2.16. The van der Waals surface area contributed by atoms with Gasteiger partial charge in [-0.3, -0.25) is 4.79 Å². The van der Waals surface area contributed by atoms with E-state index in [1.54, 1.807) is 12.1 Å². The molecule has 0 spiro atoms.